The largest absolute Gasteiger partial charge is 0.395 e. The van der Waals surface area contributed by atoms with Gasteiger partial charge in [-0.25, -0.2) is 21.2 Å². The third-order valence-electron chi connectivity index (χ3n) is 2.07. The molecule has 0 unspecified atom stereocenters. The van der Waals surface area contributed by atoms with Gasteiger partial charge in [0.15, 0.2) is 14.9 Å². The number of sulfonamides is 1. The smallest absolute Gasteiger partial charge is 0.247 e. The summed E-state index contributed by atoms with van der Waals surface area (Å²) in [4.78, 5) is 0. The van der Waals surface area contributed by atoms with E-state index in [0.717, 1.165) is 12.3 Å². The molecular weight excluding hydrogens is 321 g/mol. The van der Waals surface area contributed by atoms with E-state index in [4.69, 9.17) is 5.11 Å². The van der Waals surface area contributed by atoms with Gasteiger partial charge in [0.05, 0.1) is 17.9 Å². The lowest BCUT2D eigenvalue weighted by Crippen LogP contribution is -2.22. The van der Waals surface area contributed by atoms with Crippen LogP contribution < -0.4 is 4.72 Å². The molecule has 0 bridgehead atoms. The summed E-state index contributed by atoms with van der Waals surface area (Å²) in [5, 5.41) is 7.47. The molecule has 0 atom stereocenters. The predicted octanol–water partition coefficient (Wildman–Crippen LogP) is 0.303. The second-order valence-corrected chi connectivity index (χ2v) is 8.46. The van der Waals surface area contributed by atoms with Gasteiger partial charge in [-0.3, -0.25) is 4.72 Å². The Kier molecular flexibility index (Phi) is 5.71. The van der Waals surface area contributed by atoms with Gasteiger partial charge in [0, 0.05) is 12.7 Å². The zero-order valence-corrected chi connectivity index (χ0v) is 12.8. The van der Waals surface area contributed by atoms with E-state index in [1.807, 2.05) is 4.72 Å². The van der Waals surface area contributed by atoms with E-state index in [0.29, 0.717) is 0 Å². The van der Waals surface area contributed by atoms with Crippen LogP contribution in [0.15, 0.2) is 18.2 Å². The van der Waals surface area contributed by atoms with E-state index in [-0.39, 0.29) is 24.3 Å². The monoisotopic (exact) mass is 335 g/mol. The molecule has 0 aliphatic heterocycles. The van der Waals surface area contributed by atoms with Gasteiger partial charge in [-0.2, -0.15) is 0 Å². The summed E-state index contributed by atoms with van der Waals surface area (Å²) in [5.41, 5.74) is -0.0432. The van der Waals surface area contributed by atoms with Crippen molar-refractivity contribution in [3.63, 3.8) is 0 Å². The van der Waals surface area contributed by atoms with E-state index in [1.54, 1.807) is 0 Å². The molecule has 1 aromatic rings. The van der Waals surface area contributed by atoms with E-state index in [2.05, 4.69) is 11.8 Å². The molecule has 2 N–H and O–H groups in total. The van der Waals surface area contributed by atoms with E-state index < -0.39 is 30.8 Å². The van der Waals surface area contributed by atoms with Crippen molar-refractivity contribution < 1.29 is 26.3 Å². The summed E-state index contributed by atoms with van der Waals surface area (Å²) in [6, 6.07) is 3.44. The quantitative estimate of drug-likeness (QED) is 0.754. The van der Waals surface area contributed by atoms with Crippen LogP contribution in [-0.2, 0) is 19.9 Å². The van der Waals surface area contributed by atoms with Crippen molar-refractivity contribution in [1.29, 1.82) is 0 Å². The Morgan fingerprint density at radius 2 is 1.95 bits per heavy atom. The number of halogens is 1. The van der Waals surface area contributed by atoms with Crippen LogP contribution in [-0.4, -0.2) is 39.9 Å². The molecule has 0 saturated carbocycles. The Labute approximate surface area is 123 Å². The maximum absolute atomic E-state index is 13.7. The van der Waals surface area contributed by atoms with Gasteiger partial charge >= 0.3 is 0 Å². The van der Waals surface area contributed by atoms with Crippen LogP contribution in [0.3, 0.4) is 0 Å². The average Bonchev–Trinajstić information content (AvgIpc) is 2.28. The minimum atomic E-state index is -4.12. The number of nitrogens with one attached hydrogen (secondary N) is 1. The number of benzene rings is 1. The van der Waals surface area contributed by atoms with Crippen LogP contribution in [0.2, 0.25) is 0 Å². The molecule has 0 fully saturated rings. The number of rotatable bonds is 5. The molecule has 9 heteroatoms. The summed E-state index contributed by atoms with van der Waals surface area (Å²) in [6.45, 7) is -0.141. The topological polar surface area (TPSA) is 101 Å². The van der Waals surface area contributed by atoms with Crippen molar-refractivity contribution in [2.45, 2.75) is 6.42 Å². The lowest BCUT2D eigenvalue weighted by molar-refractivity contribution is 0.305. The summed E-state index contributed by atoms with van der Waals surface area (Å²) < 4.78 is 60.7. The first-order valence-corrected chi connectivity index (χ1v) is 9.42. The SMILES string of the molecule is CS(=O)(=O)CS(=O)(=O)Nc1ccc(C#CCCO)c(F)c1. The first-order chi connectivity index (χ1) is 9.63. The molecule has 116 valence electrons. The van der Waals surface area contributed by atoms with Gasteiger partial charge in [-0.05, 0) is 18.2 Å². The van der Waals surface area contributed by atoms with Gasteiger partial charge in [0.2, 0.25) is 10.0 Å². The summed E-state index contributed by atoms with van der Waals surface area (Å²) in [7, 11) is -7.84. The molecule has 0 aromatic heterocycles. The zero-order chi connectivity index (χ0) is 16.1. The highest BCUT2D eigenvalue weighted by Gasteiger charge is 2.18. The van der Waals surface area contributed by atoms with Gasteiger partial charge in [0.1, 0.15) is 5.82 Å². The van der Waals surface area contributed by atoms with Crippen molar-refractivity contribution >= 4 is 25.5 Å². The fraction of sp³-hybridized carbons (Fsp3) is 0.333. The molecule has 0 aliphatic rings. The highest BCUT2D eigenvalue weighted by atomic mass is 32.3. The maximum Gasteiger partial charge on any atom is 0.247 e. The highest BCUT2D eigenvalue weighted by Crippen LogP contribution is 2.15. The van der Waals surface area contributed by atoms with Crippen molar-refractivity contribution in [2.24, 2.45) is 0 Å². The minimum absolute atomic E-state index is 0.0505. The Morgan fingerprint density at radius 1 is 1.29 bits per heavy atom. The molecule has 0 aliphatic carbocycles. The molecule has 6 nitrogen and oxygen atoms in total. The van der Waals surface area contributed by atoms with Gasteiger partial charge in [0.25, 0.3) is 0 Å². The Hall–Kier alpha value is -1.63. The van der Waals surface area contributed by atoms with Gasteiger partial charge in [-0.1, -0.05) is 11.8 Å². The molecule has 0 spiro atoms. The van der Waals surface area contributed by atoms with Crippen LogP contribution in [0.4, 0.5) is 10.1 Å². The van der Waals surface area contributed by atoms with Crippen LogP contribution in [0, 0.1) is 17.7 Å². The predicted molar refractivity (Wildman–Crippen MR) is 77.2 cm³/mol. The molecule has 0 radical (unpaired) electrons. The van der Waals surface area contributed by atoms with Crippen LogP contribution in [0.25, 0.3) is 0 Å². The van der Waals surface area contributed by atoms with Crippen molar-refractivity contribution in [1.82, 2.24) is 0 Å². The molecule has 0 heterocycles. The van der Waals surface area contributed by atoms with Crippen molar-refractivity contribution in [2.75, 3.05) is 22.7 Å². The Bertz CT molecular complexity index is 776. The number of sulfone groups is 1. The van der Waals surface area contributed by atoms with Crippen LogP contribution in [0.5, 0.6) is 0 Å². The Morgan fingerprint density at radius 3 is 2.48 bits per heavy atom. The summed E-state index contributed by atoms with van der Waals surface area (Å²) in [6.07, 6.45) is 0.981. The fourth-order valence-electron chi connectivity index (χ4n) is 1.38. The van der Waals surface area contributed by atoms with Crippen LogP contribution in [0.1, 0.15) is 12.0 Å². The number of aliphatic hydroxyl groups excluding tert-OH is 1. The van der Waals surface area contributed by atoms with Gasteiger partial charge < -0.3 is 5.11 Å². The molecule has 1 aromatic carbocycles. The number of anilines is 1. The average molecular weight is 335 g/mol. The maximum atomic E-state index is 13.7. The molecule has 0 amide bonds. The first kappa shape index (κ1) is 17.4. The van der Waals surface area contributed by atoms with Gasteiger partial charge in [-0.15, -0.1) is 0 Å². The molecule has 0 saturated heterocycles. The molecule has 21 heavy (non-hydrogen) atoms. The normalized spacial score (nSPS) is 11.6. The zero-order valence-electron chi connectivity index (χ0n) is 11.1. The van der Waals surface area contributed by atoms with E-state index >= 15 is 0 Å². The number of aliphatic hydroxyl groups is 1. The van der Waals surface area contributed by atoms with Crippen molar-refractivity contribution in [3.05, 3.63) is 29.6 Å². The summed E-state index contributed by atoms with van der Waals surface area (Å²) in [5.74, 6) is 4.27. The second kappa shape index (κ2) is 6.89. The number of hydrogen-bond donors (Lipinski definition) is 2. The Balaban J connectivity index is 2.93. The first-order valence-electron chi connectivity index (χ1n) is 5.70. The standard InChI is InChI=1S/C12H14FNO5S2/c1-20(16,17)9-21(18,19)14-11-6-5-10(12(13)8-11)4-2-3-7-15/h5-6,8,14-15H,3,7,9H2,1H3. The van der Waals surface area contributed by atoms with E-state index in [1.165, 1.54) is 12.1 Å². The number of hydrogen-bond acceptors (Lipinski definition) is 5. The lowest BCUT2D eigenvalue weighted by atomic mass is 10.2. The minimum Gasteiger partial charge on any atom is -0.395 e. The third kappa shape index (κ3) is 6.57. The van der Waals surface area contributed by atoms with Crippen LogP contribution >= 0.6 is 0 Å². The lowest BCUT2D eigenvalue weighted by Gasteiger charge is -2.07. The molecule has 1 rings (SSSR count). The van der Waals surface area contributed by atoms with Crippen molar-refractivity contribution in [3.8, 4) is 11.8 Å². The molecular formula is C12H14FNO5S2. The van der Waals surface area contributed by atoms with E-state index in [9.17, 15) is 21.2 Å². The summed E-state index contributed by atoms with van der Waals surface area (Å²) >= 11 is 0. The third-order valence-corrected chi connectivity index (χ3v) is 5.57. The second-order valence-electron chi connectivity index (χ2n) is 4.23. The highest BCUT2D eigenvalue weighted by molar-refractivity contribution is 8.08. The fourth-order valence-corrected chi connectivity index (χ4v) is 4.36.